The SMILES string of the molecule is CCOC(=O)CCc1cn(Cc2ccc(OCc3cncc(-c4ccccc4)c3)cc2)nc1OCC. The van der Waals surface area contributed by atoms with Gasteiger partial charge in [0.15, 0.2) is 0 Å². The second kappa shape index (κ2) is 12.5. The predicted octanol–water partition coefficient (Wildman–Crippen LogP) is 5.47. The Kier molecular flexibility index (Phi) is 8.70. The summed E-state index contributed by atoms with van der Waals surface area (Å²) in [6.45, 7) is 5.64. The minimum Gasteiger partial charge on any atom is -0.489 e. The van der Waals surface area contributed by atoms with Gasteiger partial charge < -0.3 is 14.2 Å². The van der Waals surface area contributed by atoms with E-state index in [1.165, 1.54) is 0 Å². The van der Waals surface area contributed by atoms with Crippen molar-refractivity contribution >= 4 is 5.97 Å². The largest absolute Gasteiger partial charge is 0.489 e. The number of aryl methyl sites for hydroxylation is 1. The van der Waals surface area contributed by atoms with E-state index in [4.69, 9.17) is 14.2 Å². The zero-order chi connectivity index (χ0) is 25.2. The van der Waals surface area contributed by atoms with E-state index in [0.29, 0.717) is 45.1 Å². The highest BCUT2D eigenvalue weighted by molar-refractivity contribution is 5.69. The van der Waals surface area contributed by atoms with Gasteiger partial charge in [-0.15, -0.1) is 5.10 Å². The summed E-state index contributed by atoms with van der Waals surface area (Å²) in [5.41, 5.74) is 5.19. The number of hydrogen-bond acceptors (Lipinski definition) is 6. The van der Waals surface area contributed by atoms with Gasteiger partial charge >= 0.3 is 5.97 Å². The number of esters is 1. The van der Waals surface area contributed by atoms with Crippen LogP contribution in [0, 0.1) is 0 Å². The molecule has 0 fully saturated rings. The number of carbonyl (C=O) groups excluding carboxylic acids is 1. The smallest absolute Gasteiger partial charge is 0.306 e. The molecule has 0 aliphatic carbocycles. The van der Waals surface area contributed by atoms with Crippen molar-refractivity contribution in [3.63, 3.8) is 0 Å². The van der Waals surface area contributed by atoms with Gasteiger partial charge in [0.1, 0.15) is 12.4 Å². The molecule has 4 aromatic rings. The number of rotatable bonds is 12. The summed E-state index contributed by atoms with van der Waals surface area (Å²) in [5, 5.41) is 4.55. The van der Waals surface area contributed by atoms with Crippen LogP contribution in [-0.4, -0.2) is 33.9 Å². The van der Waals surface area contributed by atoms with E-state index in [1.807, 2.05) is 72.7 Å². The van der Waals surface area contributed by atoms with Crippen molar-refractivity contribution < 1.29 is 19.0 Å². The van der Waals surface area contributed by atoms with Crippen molar-refractivity contribution in [3.05, 3.63) is 95.9 Å². The van der Waals surface area contributed by atoms with Gasteiger partial charge in [-0.05, 0) is 49.6 Å². The average Bonchev–Trinajstić information content (AvgIpc) is 3.29. The van der Waals surface area contributed by atoms with Crippen LogP contribution >= 0.6 is 0 Å². The van der Waals surface area contributed by atoms with Gasteiger partial charge in [0.25, 0.3) is 0 Å². The lowest BCUT2D eigenvalue weighted by Gasteiger charge is -2.09. The van der Waals surface area contributed by atoms with Crippen LogP contribution in [0.5, 0.6) is 11.6 Å². The second-order valence-electron chi connectivity index (χ2n) is 8.28. The van der Waals surface area contributed by atoms with Crippen molar-refractivity contribution in [2.75, 3.05) is 13.2 Å². The highest BCUT2D eigenvalue weighted by Crippen LogP contribution is 2.22. The molecule has 7 nitrogen and oxygen atoms in total. The third kappa shape index (κ3) is 6.95. The normalized spacial score (nSPS) is 10.7. The number of aromatic nitrogens is 3. The molecule has 0 spiro atoms. The zero-order valence-electron chi connectivity index (χ0n) is 20.7. The van der Waals surface area contributed by atoms with Gasteiger partial charge in [-0.2, -0.15) is 0 Å². The van der Waals surface area contributed by atoms with Crippen molar-refractivity contribution in [3.8, 4) is 22.8 Å². The van der Waals surface area contributed by atoms with Crippen LogP contribution in [0.2, 0.25) is 0 Å². The second-order valence-corrected chi connectivity index (χ2v) is 8.28. The molecule has 0 N–H and O–H groups in total. The van der Waals surface area contributed by atoms with Gasteiger partial charge in [-0.3, -0.25) is 14.5 Å². The fraction of sp³-hybridized carbons (Fsp3) is 0.276. The van der Waals surface area contributed by atoms with E-state index in [2.05, 4.69) is 28.3 Å². The fourth-order valence-corrected chi connectivity index (χ4v) is 3.83. The van der Waals surface area contributed by atoms with E-state index < -0.39 is 0 Å². The Labute approximate surface area is 211 Å². The minimum absolute atomic E-state index is 0.217. The lowest BCUT2D eigenvalue weighted by Crippen LogP contribution is -2.05. The van der Waals surface area contributed by atoms with Crippen LogP contribution in [-0.2, 0) is 29.1 Å². The Morgan fingerprint density at radius 2 is 1.69 bits per heavy atom. The zero-order valence-corrected chi connectivity index (χ0v) is 20.7. The molecule has 36 heavy (non-hydrogen) atoms. The first-order valence-electron chi connectivity index (χ1n) is 12.2. The molecule has 0 amide bonds. The van der Waals surface area contributed by atoms with Crippen LogP contribution in [0.25, 0.3) is 11.1 Å². The number of nitrogens with zero attached hydrogens (tertiary/aromatic N) is 3. The third-order valence-electron chi connectivity index (χ3n) is 5.56. The van der Waals surface area contributed by atoms with Gasteiger partial charge in [0.05, 0.1) is 19.8 Å². The molecular formula is C29H31N3O4. The first-order valence-corrected chi connectivity index (χ1v) is 12.2. The van der Waals surface area contributed by atoms with Gasteiger partial charge in [-0.1, -0.05) is 42.5 Å². The Balaban J connectivity index is 1.35. The van der Waals surface area contributed by atoms with Gasteiger partial charge in [0.2, 0.25) is 5.88 Å². The molecule has 2 heterocycles. The molecule has 186 valence electrons. The molecule has 0 aliphatic heterocycles. The summed E-state index contributed by atoms with van der Waals surface area (Å²) in [4.78, 5) is 16.1. The van der Waals surface area contributed by atoms with Crippen LogP contribution < -0.4 is 9.47 Å². The average molecular weight is 486 g/mol. The van der Waals surface area contributed by atoms with Gasteiger partial charge in [-0.25, -0.2) is 0 Å². The van der Waals surface area contributed by atoms with Crippen molar-refractivity contribution in [1.29, 1.82) is 0 Å². The van der Waals surface area contributed by atoms with E-state index in [1.54, 1.807) is 6.92 Å². The third-order valence-corrected chi connectivity index (χ3v) is 5.56. The number of hydrogen-bond donors (Lipinski definition) is 0. The number of carbonyl (C=O) groups is 1. The molecule has 0 radical (unpaired) electrons. The maximum Gasteiger partial charge on any atom is 0.306 e. The standard InChI is InChI=1S/C29H31N3O4/c1-3-34-28(33)15-12-25-20-32(31-29(25)35-4-2)19-22-10-13-27(14-11-22)36-21-23-16-26(18-30-17-23)24-8-6-5-7-9-24/h5-11,13-14,16-18,20H,3-4,12,15,19,21H2,1-2H3. The lowest BCUT2D eigenvalue weighted by atomic mass is 10.1. The predicted molar refractivity (Wildman–Crippen MR) is 138 cm³/mol. The Bertz CT molecular complexity index is 1250. The van der Waals surface area contributed by atoms with Crippen molar-refractivity contribution in [1.82, 2.24) is 14.8 Å². The minimum atomic E-state index is -0.217. The highest BCUT2D eigenvalue weighted by atomic mass is 16.5. The Morgan fingerprint density at radius 1 is 0.889 bits per heavy atom. The summed E-state index contributed by atoms with van der Waals surface area (Å²) in [6.07, 6.45) is 6.45. The van der Waals surface area contributed by atoms with Crippen molar-refractivity contribution in [2.45, 2.75) is 39.8 Å². The molecule has 4 rings (SSSR count). The fourth-order valence-electron chi connectivity index (χ4n) is 3.83. The maximum atomic E-state index is 11.7. The molecule has 0 saturated carbocycles. The van der Waals surface area contributed by atoms with E-state index >= 15 is 0 Å². The first kappa shape index (κ1) is 25.0. The lowest BCUT2D eigenvalue weighted by molar-refractivity contribution is -0.143. The molecule has 2 aromatic carbocycles. The number of pyridine rings is 1. The van der Waals surface area contributed by atoms with Crippen LogP contribution in [0.4, 0.5) is 0 Å². The van der Waals surface area contributed by atoms with E-state index in [0.717, 1.165) is 33.6 Å². The summed E-state index contributed by atoms with van der Waals surface area (Å²) >= 11 is 0. The topological polar surface area (TPSA) is 75.5 Å². The summed E-state index contributed by atoms with van der Waals surface area (Å²) in [7, 11) is 0. The highest BCUT2D eigenvalue weighted by Gasteiger charge is 2.13. The number of ether oxygens (including phenoxy) is 3. The summed E-state index contributed by atoms with van der Waals surface area (Å²) in [5.74, 6) is 1.13. The quantitative estimate of drug-likeness (QED) is 0.248. The maximum absolute atomic E-state index is 11.7. The summed E-state index contributed by atoms with van der Waals surface area (Å²) < 4.78 is 18.5. The molecule has 0 bridgehead atoms. The molecule has 0 saturated heterocycles. The first-order chi connectivity index (χ1) is 17.6. The van der Waals surface area contributed by atoms with Gasteiger partial charge in [0, 0.05) is 41.7 Å². The Hall–Kier alpha value is -4.13. The molecular weight excluding hydrogens is 454 g/mol. The van der Waals surface area contributed by atoms with Crippen LogP contribution in [0.3, 0.4) is 0 Å². The molecule has 7 heteroatoms. The summed E-state index contributed by atoms with van der Waals surface area (Å²) in [6, 6.07) is 20.2. The van der Waals surface area contributed by atoms with E-state index in [-0.39, 0.29) is 5.97 Å². The Morgan fingerprint density at radius 3 is 2.44 bits per heavy atom. The molecule has 0 aliphatic rings. The molecule has 2 aromatic heterocycles. The van der Waals surface area contributed by atoms with Crippen LogP contribution in [0.1, 0.15) is 37.0 Å². The van der Waals surface area contributed by atoms with Crippen LogP contribution in [0.15, 0.2) is 79.3 Å². The van der Waals surface area contributed by atoms with E-state index in [9.17, 15) is 4.79 Å². The number of benzene rings is 2. The van der Waals surface area contributed by atoms with Crippen molar-refractivity contribution in [2.24, 2.45) is 0 Å². The monoisotopic (exact) mass is 485 g/mol. The molecule has 0 unspecified atom stereocenters. The molecule has 0 atom stereocenters.